The van der Waals surface area contributed by atoms with E-state index in [0.717, 1.165) is 64.8 Å². The van der Waals surface area contributed by atoms with Gasteiger partial charge in [-0.1, -0.05) is 125 Å². The van der Waals surface area contributed by atoms with Crippen LogP contribution < -0.4 is 0 Å². The highest BCUT2D eigenvalue weighted by molar-refractivity contribution is 5.69. The maximum atomic E-state index is 12.7. The first-order valence-electron chi connectivity index (χ1n) is 19.4. The maximum absolute atomic E-state index is 12.7. The van der Waals surface area contributed by atoms with Crippen LogP contribution >= 0.6 is 0 Å². The van der Waals surface area contributed by atoms with Crippen LogP contribution in [0.3, 0.4) is 0 Å². The lowest BCUT2D eigenvalue weighted by Gasteiger charge is -2.25. The lowest BCUT2D eigenvalue weighted by atomic mass is 9.95. The van der Waals surface area contributed by atoms with E-state index in [1.807, 2.05) is 0 Å². The monoisotopic (exact) mass is 641 g/mol. The number of rotatable bonds is 33. The fourth-order valence-corrected chi connectivity index (χ4v) is 5.88. The van der Waals surface area contributed by atoms with Crippen molar-refractivity contribution >= 4 is 12.1 Å². The summed E-state index contributed by atoms with van der Waals surface area (Å²) >= 11 is 0. The summed E-state index contributed by atoms with van der Waals surface area (Å²) in [5, 5.41) is 0. The second-order valence-corrected chi connectivity index (χ2v) is 13.0. The van der Waals surface area contributed by atoms with Crippen molar-refractivity contribution in [2.75, 3.05) is 52.5 Å². The molecule has 0 saturated carbocycles. The number of likely N-dealkylation sites (N-methyl/N-ethyl adjacent to an activating group) is 2. The summed E-state index contributed by atoms with van der Waals surface area (Å²) in [7, 11) is 0. The molecular weight excluding hydrogens is 564 g/mol. The Hall–Kier alpha value is -1.34. The smallest absolute Gasteiger partial charge is 0.465 e. The summed E-state index contributed by atoms with van der Waals surface area (Å²) in [5.41, 5.74) is 0. The molecule has 268 valence electrons. The number of hydrogen-bond donors (Lipinski definition) is 0. The number of ether oxygens (including phenoxy) is 3. The molecular formula is C38H76N2O5. The highest BCUT2D eigenvalue weighted by atomic mass is 16.7. The van der Waals surface area contributed by atoms with E-state index in [2.05, 4.69) is 51.3 Å². The van der Waals surface area contributed by atoms with Gasteiger partial charge >= 0.3 is 12.1 Å². The molecule has 0 aliphatic heterocycles. The van der Waals surface area contributed by atoms with E-state index in [-0.39, 0.29) is 12.1 Å². The molecule has 0 rings (SSSR count). The molecule has 0 aromatic rings. The lowest BCUT2D eigenvalue weighted by molar-refractivity contribution is -0.145. The van der Waals surface area contributed by atoms with Crippen LogP contribution in [0.1, 0.15) is 170 Å². The molecule has 7 nitrogen and oxygen atoms in total. The summed E-state index contributed by atoms with van der Waals surface area (Å²) in [4.78, 5) is 30.0. The number of carbonyl (C=O) groups is 2. The SMILES string of the molecule is CCCCCCCCC(CCCCCC)COC(=O)CCCC(CCCCCC)OC(=O)OCCN(CC)CCN(CC)CC. The minimum atomic E-state index is -0.585. The lowest BCUT2D eigenvalue weighted by Crippen LogP contribution is -2.37. The molecule has 2 atom stereocenters. The summed E-state index contributed by atoms with van der Waals surface area (Å²) in [6.07, 6.45) is 21.3. The van der Waals surface area contributed by atoms with Crippen LogP contribution in [0.25, 0.3) is 0 Å². The Labute approximate surface area is 279 Å². The van der Waals surface area contributed by atoms with Crippen LogP contribution in [0.5, 0.6) is 0 Å². The van der Waals surface area contributed by atoms with Gasteiger partial charge in [0.2, 0.25) is 0 Å². The number of nitrogens with zero attached hydrogens (tertiary/aromatic N) is 2. The quantitative estimate of drug-likeness (QED) is 0.0522. The van der Waals surface area contributed by atoms with Crippen molar-refractivity contribution in [1.29, 1.82) is 0 Å². The Bertz CT molecular complexity index is 658. The van der Waals surface area contributed by atoms with Gasteiger partial charge in [-0.05, 0) is 64.1 Å². The molecule has 2 unspecified atom stereocenters. The zero-order chi connectivity index (χ0) is 33.4. The van der Waals surface area contributed by atoms with Crippen LogP contribution in [-0.2, 0) is 19.0 Å². The van der Waals surface area contributed by atoms with Gasteiger partial charge in [0, 0.05) is 26.1 Å². The average Bonchev–Trinajstić information content (AvgIpc) is 3.04. The third-order valence-electron chi connectivity index (χ3n) is 9.16. The topological polar surface area (TPSA) is 68.3 Å². The average molecular weight is 641 g/mol. The third kappa shape index (κ3) is 27.5. The van der Waals surface area contributed by atoms with Gasteiger partial charge < -0.3 is 19.1 Å². The third-order valence-corrected chi connectivity index (χ3v) is 9.16. The van der Waals surface area contributed by atoms with E-state index in [1.165, 1.54) is 77.0 Å². The van der Waals surface area contributed by atoms with Crippen molar-refractivity contribution in [3.8, 4) is 0 Å². The largest absolute Gasteiger partial charge is 0.508 e. The molecule has 0 amide bonds. The van der Waals surface area contributed by atoms with Crippen LogP contribution in [0.15, 0.2) is 0 Å². The Kier molecular flexibility index (Phi) is 31.6. The second-order valence-electron chi connectivity index (χ2n) is 13.0. The first kappa shape index (κ1) is 43.7. The Morgan fingerprint density at radius 2 is 1.02 bits per heavy atom. The molecule has 0 aliphatic carbocycles. The molecule has 0 aromatic heterocycles. The van der Waals surface area contributed by atoms with Gasteiger partial charge in [0.15, 0.2) is 0 Å². The van der Waals surface area contributed by atoms with E-state index in [1.54, 1.807) is 0 Å². The van der Waals surface area contributed by atoms with Gasteiger partial charge in [-0.15, -0.1) is 0 Å². The molecule has 0 bridgehead atoms. The van der Waals surface area contributed by atoms with Crippen molar-refractivity contribution in [2.24, 2.45) is 5.92 Å². The molecule has 0 N–H and O–H groups in total. The fraction of sp³-hybridized carbons (Fsp3) is 0.947. The Morgan fingerprint density at radius 3 is 1.60 bits per heavy atom. The molecule has 0 radical (unpaired) electrons. The van der Waals surface area contributed by atoms with E-state index < -0.39 is 6.16 Å². The molecule has 45 heavy (non-hydrogen) atoms. The second kappa shape index (κ2) is 32.6. The van der Waals surface area contributed by atoms with Crippen molar-refractivity contribution in [3.63, 3.8) is 0 Å². The van der Waals surface area contributed by atoms with E-state index in [0.29, 0.717) is 44.9 Å². The first-order chi connectivity index (χ1) is 21.9. The summed E-state index contributed by atoms with van der Waals surface area (Å²) in [6.45, 7) is 19.8. The van der Waals surface area contributed by atoms with Gasteiger partial charge in [-0.3, -0.25) is 9.69 Å². The minimum absolute atomic E-state index is 0.117. The molecule has 7 heteroatoms. The Morgan fingerprint density at radius 1 is 0.533 bits per heavy atom. The van der Waals surface area contributed by atoms with E-state index >= 15 is 0 Å². The normalized spacial score (nSPS) is 12.9. The van der Waals surface area contributed by atoms with Crippen LogP contribution in [-0.4, -0.2) is 80.5 Å². The van der Waals surface area contributed by atoms with Crippen LogP contribution in [0, 0.1) is 5.92 Å². The number of hydrogen-bond acceptors (Lipinski definition) is 7. The summed E-state index contributed by atoms with van der Waals surface area (Å²) in [6, 6.07) is 0. The van der Waals surface area contributed by atoms with E-state index in [9.17, 15) is 9.59 Å². The van der Waals surface area contributed by atoms with Gasteiger partial charge in [-0.2, -0.15) is 0 Å². The van der Waals surface area contributed by atoms with Crippen LogP contribution in [0.2, 0.25) is 0 Å². The minimum Gasteiger partial charge on any atom is -0.465 e. The predicted octanol–water partition coefficient (Wildman–Crippen LogP) is 10.2. The number of esters is 1. The molecule has 0 aliphatic rings. The van der Waals surface area contributed by atoms with Gasteiger partial charge in [-0.25, -0.2) is 4.79 Å². The number of unbranched alkanes of at least 4 members (excludes halogenated alkanes) is 11. The van der Waals surface area contributed by atoms with Gasteiger partial charge in [0.25, 0.3) is 0 Å². The predicted molar refractivity (Wildman–Crippen MR) is 190 cm³/mol. The van der Waals surface area contributed by atoms with Crippen molar-refractivity contribution in [3.05, 3.63) is 0 Å². The highest BCUT2D eigenvalue weighted by Crippen LogP contribution is 2.20. The molecule has 0 fully saturated rings. The zero-order valence-corrected chi connectivity index (χ0v) is 30.9. The number of carbonyl (C=O) groups excluding carboxylic acids is 2. The first-order valence-corrected chi connectivity index (χ1v) is 19.4. The van der Waals surface area contributed by atoms with Crippen molar-refractivity contribution in [1.82, 2.24) is 9.80 Å². The van der Waals surface area contributed by atoms with Crippen LogP contribution in [0.4, 0.5) is 4.79 Å². The highest BCUT2D eigenvalue weighted by Gasteiger charge is 2.18. The standard InChI is InChI=1S/C38H76N2O5/c1-7-13-16-19-20-22-26-35(25-21-17-14-8-2)34-44-37(41)29-24-28-36(27-23-18-15-9-3)45-38(42)43-33-32-40(12-6)31-30-39(10-4)11-5/h35-36H,7-34H2,1-6H3. The molecule has 0 spiro atoms. The molecule has 0 heterocycles. The van der Waals surface area contributed by atoms with Gasteiger partial charge in [0.05, 0.1) is 6.61 Å². The fourth-order valence-electron chi connectivity index (χ4n) is 5.88. The zero-order valence-electron chi connectivity index (χ0n) is 30.9. The van der Waals surface area contributed by atoms with Crippen molar-refractivity contribution < 1.29 is 23.8 Å². The maximum Gasteiger partial charge on any atom is 0.508 e. The molecule has 0 aromatic carbocycles. The van der Waals surface area contributed by atoms with Gasteiger partial charge in [0.1, 0.15) is 12.7 Å². The summed E-state index contributed by atoms with van der Waals surface area (Å²) < 4.78 is 17.0. The van der Waals surface area contributed by atoms with Crippen molar-refractivity contribution in [2.45, 2.75) is 176 Å². The Balaban J connectivity index is 4.63. The summed E-state index contributed by atoms with van der Waals surface area (Å²) in [5.74, 6) is 0.357. The molecule has 0 saturated heterocycles. The van der Waals surface area contributed by atoms with E-state index in [4.69, 9.17) is 14.2 Å².